The van der Waals surface area contributed by atoms with Crippen molar-refractivity contribution in [3.63, 3.8) is 0 Å². The highest BCUT2D eigenvalue weighted by atomic mass is 32.2. The first kappa shape index (κ1) is 15.3. The zero-order valence-electron chi connectivity index (χ0n) is 11.0. The van der Waals surface area contributed by atoms with Gasteiger partial charge >= 0.3 is 0 Å². The van der Waals surface area contributed by atoms with Gasteiger partial charge in [-0.25, -0.2) is 0 Å². The van der Waals surface area contributed by atoms with Crippen LogP contribution in [0.15, 0.2) is 28.6 Å². The van der Waals surface area contributed by atoms with Gasteiger partial charge in [0.1, 0.15) is 5.75 Å². The van der Waals surface area contributed by atoms with Crippen molar-refractivity contribution in [2.45, 2.75) is 4.34 Å². The average Bonchev–Trinajstić information content (AvgIpc) is 2.92. The normalized spacial score (nSPS) is 10.1. The zero-order chi connectivity index (χ0) is 15.2. The van der Waals surface area contributed by atoms with Crippen LogP contribution in [0, 0.1) is 0 Å². The first-order valence-electron chi connectivity index (χ1n) is 5.78. The third-order valence-corrected chi connectivity index (χ3v) is 4.29. The summed E-state index contributed by atoms with van der Waals surface area (Å²) in [7, 11) is 1.53. The largest absolute Gasteiger partial charge is 0.497 e. The molecule has 7 nitrogen and oxygen atoms in total. The van der Waals surface area contributed by atoms with E-state index in [0.717, 1.165) is 0 Å². The predicted molar refractivity (Wildman–Crippen MR) is 80.8 cm³/mol. The molecular weight excluding hydrogens is 312 g/mol. The maximum absolute atomic E-state index is 12.0. The molecule has 2 aromatic rings. The molecule has 3 N–H and O–H groups in total. The molecule has 0 radical (unpaired) electrons. The molecule has 0 spiro atoms. The minimum atomic E-state index is -0.433. The van der Waals surface area contributed by atoms with Crippen LogP contribution in [-0.4, -0.2) is 34.9 Å². The topological polar surface area (TPSA) is 107 Å². The number of nitrogens with one attached hydrogen (secondary N) is 1. The van der Waals surface area contributed by atoms with Crippen molar-refractivity contribution >= 4 is 40.0 Å². The van der Waals surface area contributed by atoms with Crippen molar-refractivity contribution in [2.75, 3.05) is 18.2 Å². The quantitative estimate of drug-likeness (QED) is 0.614. The first-order chi connectivity index (χ1) is 10.1. The Kier molecular flexibility index (Phi) is 5.12. The molecule has 0 atom stereocenters. The summed E-state index contributed by atoms with van der Waals surface area (Å²) < 4.78 is 5.63. The van der Waals surface area contributed by atoms with Gasteiger partial charge in [0.15, 0.2) is 4.34 Å². The molecular formula is C12H12N4O3S2. The van der Waals surface area contributed by atoms with Crippen LogP contribution in [0.4, 0.5) is 5.13 Å². The molecule has 1 aromatic heterocycles. The number of hydrogen-bond acceptors (Lipinski definition) is 7. The van der Waals surface area contributed by atoms with E-state index < -0.39 is 5.91 Å². The lowest BCUT2D eigenvalue weighted by Gasteiger charge is -2.03. The summed E-state index contributed by atoms with van der Waals surface area (Å²) in [4.78, 5) is 22.7. The van der Waals surface area contributed by atoms with Crippen LogP contribution in [0.1, 0.15) is 10.4 Å². The number of carbonyl (C=O) groups excluding carboxylic acids is 2. The molecule has 0 unspecified atom stereocenters. The number of rotatable bonds is 6. The van der Waals surface area contributed by atoms with Crippen molar-refractivity contribution in [3.8, 4) is 5.75 Å². The van der Waals surface area contributed by atoms with Gasteiger partial charge in [0.2, 0.25) is 11.0 Å². The number of nitrogens with zero attached hydrogens (tertiary/aromatic N) is 2. The number of amides is 2. The number of carbonyl (C=O) groups is 2. The molecule has 0 bridgehead atoms. The van der Waals surface area contributed by atoms with Gasteiger partial charge in [0.25, 0.3) is 5.91 Å². The molecule has 1 heterocycles. The molecule has 2 amide bonds. The Bertz CT molecular complexity index is 659. The summed E-state index contributed by atoms with van der Waals surface area (Å²) in [6.07, 6.45) is 0. The third-order valence-electron chi connectivity index (χ3n) is 2.30. The Labute approximate surface area is 128 Å². The van der Waals surface area contributed by atoms with E-state index in [2.05, 4.69) is 15.5 Å². The van der Waals surface area contributed by atoms with Gasteiger partial charge in [-0.15, -0.1) is 10.2 Å². The van der Waals surface area contributed by atoms with Crippen LogP contribution in [-0.2, 0) is 4.79 Å². The lowest BCUT2D eigenvalue weighted by molar-refractivity contribution is -0.115. The SMILES string of the molecule is COc1cccc(C(=O)Nc2nnc(SCC(N)=O)s2)c1. The predicted octanol–water partition coefficient (Wildman–Crippen LogP) is 1.38. The lowest BCUT2D eigenvalue weighted by atomic mass is 10.2. The van der Waals surface area contributed by atoms with Crippen LogP contribution in [0.3, 0.4) is 0 Å². The van der Waals surface area contributed by atoms with E-state index >= 15 is 0 Å². The Balaban J connectivity index is 2.00. The zero-order valence-corrected chi connectivity index (χ0v) is 12.7. The van der Waals surface area contributed by atoms with Crippen LogP contribution in [0.25, 0.3) is 0 Å². The van der Waals surface area contributed by atoms with Gasteiger partial charge in [-0.05, 0) is 18.2 Å². The minimum absolute atomic E-state index is 0.123. The fraction of sp³-hybridized carbons (Fsp3) is 0.167. The van der Waals surface area contributed by atoms with Crippen molar-refractivity contribution in [3.05, 3.63) is 29.8 Å². The van der Waals surface area contributed by atoms with Gasteiger partial charge in [-0.3, -0.25) is 14.9 Å². The smallest absolute Gasteiger partial charge is 0.257 e. The Morgan fingerprint density at radius 1 is 1.43 bits per heavy atom. The fourth-order valence-electron chi connectivity index (χ4n) is 1.39. The standard InChI is InChI=1S/C12H12N4O3S2/c1-19-8-4-2-3-7(5-8)10(18)14-11-15-16-12(21-11)20-6-9(13)17/h2-5H,6H2,1H3,(H2,13,17)(H,14,15,18). The second-order valence-electron chi connectivity index (χ2n) is 3.81. The Morgan fingerprint density at radius 3 is 2.95 bits per heavy atom. The molecule has 0 saturated heterocycles. The van der Waals surface area contributed by atoms with Crippen LogP contribution < -0.4 is 15.8 Å². The van der Waals surface area contributed by atoms with E-state index in [4.69, 9.17) is 10.5 Å². The monoisotopic (exact) mass is 324 g/mol. The Morgan fingerprint density at radius 2 is 2.24 bits per heavy atom. The maximum atomic E-state index is 12.0. The first-order valence-corrected chi connectivity index (χ1v) is 7.58. The van der Waals surface area contributed by atoms with Crippen molar-refractivity contribution in [2.24, 2.45) is 5.73 Å². The fourth-order valence-corrected chi connectivity index (χ4v) is 2.87. The molecule has 0 aliphatic rings. The number of primary amides is 1. The number of benzene rings is 1. The molecule has 9 heteroatoms. The number of hydrogen-bond donors (Lipinski definition) is 2. The minimum Gasteiger partial charge on any atom is -0.497 e. The molecule has 2 rings (SSSR count). The summed E-state index contributed by atoms with van der Waals surface area (Å²) >= 11 is 2.35. The lowest BCUT2D eigenvalue weighted by Crippen LogP contribution is -2.12. The second kappa shape index (κ2) is 7.04. The van der Waals surface area contributed by atoms with Crippen molar-refractivity contribution in [1.29, 1.82) is 0 Å². The summed E-state index contributed by atoms with van der Waals surface area (Å²) in [5.41, 5.74) is 5.50. The molecule has 110 valence electrons. The highest BCUT2D eigenvalue weighted by Crippen LogP contribution is 2.25. The van der Waals surface area contributed by atoms with Crippen molar-refractivity contribution < 1.29 is 14.3 Å². The maximum Gasteiger partial charge on any atom is 0.257 e. The average molecular weight is 324 g/mol. The number of anilines is 1. The van der Waals surface area contributed by atoms with Gasteiger partial charge in [0, 0.05) is 5.56 Å². The third kappa shape index (κ3) is 4.43. The molecule has 1 aromatic carbocycles. The summed E-state index contributed by atoms with van der Waals surface area (Å²) in [6.45, 7) is 0. The van der Waals surface area contributed by atoms with Gasteiger partial charge in [-0.1, -0.05) is 29.2 Å². The number of aromatic nitrogens is 2. The van der Waals surface area contributed by atoms with E-state index in [0.29, 0.717) is 20.8 Å². The molecule has 0 fully saturated rings. The number of thioether (sulfide) groups is 1. The van der Waals surface area contributed by atoms with E-state index in [1.165, 1.54) is 30.2 Å². The van der Waals surface area contributed by atoms with Gasteiger partial charge in [0.05, 0.1) is 12.9 Å². The molecule has 0 aliphatic heterocycles. The summed E-state index contributed by atoms with van der Waals surface area (Å²) in [5.74, 6) is -0.0235. The molecule has 0 aliphatic carbocycles. The number of methoxy groups -OCH3 is 1. The second-order valence-corrected chi connectivity index (χ2v) is 6.01. The molecule has 0 saturated carbocycles. The van der Waals surface area contributed by atoms with E-state index in [1.54, 1.807) is 24.3 Å². The number of nitrogens with two attached hydrogens (primary N) is 1. The Hall–Kier alpha value is -2.13. The van der Waals surface area contributed by atoms with Crippen LogP contribution >= 0.6 is 23.1 Å². The number of ether oxygens (including phenoxy) is 1. The van der Waals surface area contributed by atoms with Crippen LogP contribution in [0.5, 0.6) is 5.75 Å². The van der Waals surface area contributed by atoms with E-state index in [-0.39, 0.29) is 11.7 Å². The highest BCUT2D eigenvalue weighted by molar-refractivity contribution is 8.01. The summed E-state index contributed by atoms with van der Waals surface area (Å²) in [6, 6.07) is 6.77. The van der Waals surface area contributed by atoms with E-state index in [9.17, 15) is 9.59 Å². The van der Waals surface area contributed by atoms with Gasteiger partial charge in [-0.2, -0.15) is 0 Å². The van der Waals surface area contributed by atoms with Crippen LogP contribution in [0.2, 0.25) is 0 Å². The van der Waals surface area contributed by atoms with Crippen molar-refractivity contribution in [1.82, 2.24) is 10.2 Å². The van der Waals surface area contributed by atoms with E-state index in [1.807, 2.05) is 0 Å². The highest BCUT2D eigenvalue weighted by Gasteiger charge is 2.11. The molecule has 21 heavy (non-hydrogen) atoms. The van der Waals surface area contributed by atoms with Gasteiger partial charge < -0.3 is 10.5 Å². The summed E-state index contributed by atoms with van der Waals surface area (Å²) in [5, 5.41) is 10.7.